The Morgan fingerprint density at radius 3 is 2.92 bits per heavy atom. The summed E-state index contributed by atoms with van der Waals surface area (Å²) in [5, 5.41) is 10.8. The monoisotopic (exact) mass is 337 g/mol. The van der Waals surface area contributed by atoms with Gasteiger partial charge >= 0.3 is 0 Å². The van der Waals surface area contributed by atoms with E-state index < -0.39 is 5.82 Å². The number of aromatic nitrogens is 1. The zero-order valence-corrected chi connectivity index (χ0v) is 13.6. The maximum atomic E-state index is 13.6. The number of fused-ring (bicyclic) bond motifs is 6. The van der Waals surface area contributed by atoms with Crippen LogP contribution < -0.4 is 4.90 Å². The van der Waals surface area contributed by atoms with Crippen LogP contribution in [0.2, 0.25) is 0 Å². The van der Waals surface area contributed by atoms with Crippen molar-refractivity contribution in [1.82, 2.24) is 9.88 Å². The molecular formula is C19H16FN3O2. The van der Waals surface area contributed by atoms with Gasteiger partial charge in [0.15, 0.2) is 0 Å². The van der Waals surface area contributed by atoms with Crippen LogP contribution in [0.5, 0.6) is 5.75 Å². The number of phenolic OH excluding ortho intramolecular Hbond substituents is 1. The second kappa shape index (κ2) is 4.75. The van der Waals surface area contributed by atoms with Gasteiger partial charge in [0.25, 0.3) is 5.91 Å². The van der Waals surface area contributed by atoms with Gasteiger partial charge in [0.2, 0.25) is 0 Å². The second-order valence-corrected chi connectivity index (χ2v) is 6.64. The van der Waals surface area contributed by atoms with E-state index in [9.17, 15) is 14.3 Å². The average molecular weight is 337 g/mol. The van der Waals surface area contributed by atoms with Crippen LogP contribution in [0.1, 0.15) is 27.8 Å². The normalized spacial score (nSPS) is 19.0. The minimum atomic E-state index is -0.405. The molecule has 0 saturated carbocycles. The Kier molecular flexibility index (Phi) is 2.72. The van der Waals surface area contributed by atoms with E-state index >= 15 is 0 Å². The predicted molar refractivity (Wildman–Crippen MR) is 92.2 cm³/mol. The van der Waals surface area contributed by atoms with Crippen molar-refractivity contribution in [3.63, 3.8) is 0 Å². The highest BCUT2D eigenvalue weighted by atomic mass is 19.1. The molecule has 0 radical (unpaired) electrons. The van der Waals surface area contributed by atoms with Crippen molar-refractivity contribution in [2.75, 3.05) is 18.5 Å². The highest BCUT2D eigenvalue weighted by Gasteiger charge is 2.41. The molecule has 2 N–H and O–H groups in total. The van der Waals surface area contributed by atoms with Crippen LogP contribution >= 0.6 is 0 Å². The number of aromatic hydroxyl groups is 1. The van der Waals surface area contributed by atoms with Gasteiger partial charge in [-0.3, -0.25) is 4.79 Å². The van der Waals surface area contributed by atoms with Gasteiger partial charge in [-0.2, -0.15) is 0 Å². The van der Waals surface area contributed by atoms with Gasteiger partial charge in [0.1, 0.15) is 17.7 Å². The summed E-state index contributed by atoms with van der Waals surface area (Å²) in [5.74, 6) is -0.326. The molecule has 0 aliphatic carbocycles. The van der Waals surface area contributed by atoms with Crippen LogP contribution in [-0.4, -0.2) is 34.5 Å². The van der Waals surface area contributed by atoms with Crippen LogP contribution in [0.25, 0.3) is 10.9 Å². The SMILES string of the molecule is CN1c2ccc(F)cc2C(=O)N2CCc3c([nH]c4ccc(O)cc34)[C@@H]21. The molecule has 25 heavy (non-hydrogen) atoms. The highest BCUT2D eigenvalue weighted by molar-refractivity contribution is 6.02. The number of amides is 1. The van der Waals surface area contributed by atoms with Crippen molar-refractivity contribution in [3.8, 4) is 5.75 Å². The first-order chi connectivity index (χ1) is 12.0. The van der Waals surface area contributed by atoms with E-state index in [1.807, 2.05) is 18.0 Å². The molecule has 0 bridgehead atoms. The summed E-state index contributed by atoms with van der Waals surface area (Å²) in [6.07, 6.45) is 0.434. The van der Waals surface area contributed by atoms with Crippen molar-refractivity contribution in [1.29, 1.82) is 0 Å². The van der Waals surface area contributed by atoms with E-state index in [0.717, 1.165) is 27.8 Å². The number of anilines is 1. The number of hydrogen-bond donors (Lipinski definition) is 2. The first kappa shape index (κ1) is 14.3. The van der Waals surface area contributed by atoms with Crippen molar-refractivity contribution in [2.45, 2.75) is 12.6 Å². The Balaban J connectivity index is 1.72. The average Bonchev–Trinajstić information content (AvgIpc) is 2.96. The van der Waals surface area contributed by atoms with Crippen LogP contribution in [0.15, 0.2) is 36.4 Å². The van der Waals surface area contributed by atoms with E-state index in [-0.39, 0.29) is 17.8 Å². The summed E-state index contributed by atoms with van der Waals surface area (Å²) in [5.41, 5.74) is 4.14. The second-order valence-electron chi connectivity index (χ2n) is 6.64. The summed E-state index contributed by atoms with van der Waals surface area (Å²) >= 11 is 0. The summed E-state index contributed by atoms with van der Waals surface area (Å²) in [7, 11) is 1.92. The first-order valence-electron chi connectivity index (χ1n) is 8.21. The fraction of sp³-hybridized carbons (Fsp3) is 0.211. The molecule has 0 fully saturated rings. The van der Waals surface area contributed by atoms with Crippen molar-refractivity contribution < 1.29 is 14.3 Å². The molecule has 0 unspecified atom stereocenters. The molecule has 5 rings (SSSR count). The van der Waals surface area contributed by atoms with Crippen LogP contribution in [-0.2, 0) is 6.42 Å². The number of H-pyrrole nitrogens is 1. The molecule has 126 valence electrons. The van der Waals surface area contributed by atoms with Crippen molar-refractivity contribution in [3.05, 3.63) is 59.0 Å². The smallest absolute Gasteiger partial charge is 0.258 e. The molecule has 0 spiro atoms. The molecular weight excluding hydrogens is 321 g/mol. The van der Waals surface area contributed by atoms with E-state index in [0.29, 0.717) is 18.5 Å². The van der Waals surface area contributed by atoms with E-state index in [1.54, 1.807) is 23.1 Å². The number of carbonyl (C=O) groups is 1. The number of carbonyl (C=O) groups excluding carboxylic acids is 1. The molecule has 2 aromatic carbocycles. The van der Waals surface area contributed by atoms with Gasteiger partial charge in [0, 0.05) is 24.5 Å². The van der Waals surface area contributed by atoms with Crippen molar-refractivity contribution in [2.24, 2.45) is 0 Å². The number of hydrogen-bond acceptors (Lipinski definition) is 3. The largest absolute Gasteiger partial charge is 0.508 e. The van der Waals surface area contributed by atoms with Gasteiger partial charge in [0.05, 0.1) is 16.9 Å². The molecule has 2 aliphatic rings. The molecule has 1 atom stereocenters. The quantitative estimate of drug-likeness (QED) is 0.662. The summed E-state index contributed by atoms with van der Waals surface area (Å²) < 4.78 is 13.6. The molecule has 1 aromatic heterocycles. The van der Waals surface area contributed by atoms with Crippen LogP contribution in [0.4, 0.5) is 10.1 Å². The third kappa shape index (κ3) is 1.85. The standard InChI is InChI=1S/C19H16FN3O2/c1-22-16-5-2-10(20)8-14(16)19(25)23-7-6-12-13-9-11(24)3-4-15(13)21-17(12)18(22)23/h2-5,8-9,18,21,24H,6-7H2,1H3/t18-/m1/s1. The van der Waals surface area contributed by atoms with Crippen molar-refractivity contribution >= 4 is 22.5 Å². The topological polar surface area (TPSA) is 59.6 Å². The Bertz CT molecular complexity index is 1040. The number of aromatic amines is 1. The minimum absolute atomic E-state index is 0.148. The molecule has 1 amide bonds. The van der Waals surface area contributed by atoms with Gasteiger partial charge < -0.3 is 19.9 Å². The minimum Gasteiger partial charge on any atom is -0.508 e. The fourth-order valence-electron chi connectivity index (χ4n) is 4.15. The maximum Gasteiger partial charge on any atom is 0.258 e. The molecule has 3 heterocycles. The summed E-state index contributed by atoms with van der Waals surface area (Å²) in [6.45, 7) is 0.555. The van der Waals surface area contributed by atoms with E-state index in [2.05, 4.69) is 4.98 Å². The molecule has 5 nitrogen and oxygen atoms in total. The van der Waals surface area contributed by atoms with Gasteiger partial charge in [-0.25, -0.2) is 4.39 Å². The predicted octanol–water partition coefficient (Wildman–Crippen LogP) is 3.16. The number of rotatable bonds is 0. The lowest BCUT2D eigenvalue weighted by Gasteiger charge is -2.46. The Morgan fingerprint density at radius 1 is 1.24 bits per heavy atom. The molecule has 6 heteroatoms. The highest BCUT2D eigenvalue weighted by Crippen LogP contribution is 2.43. The fourth-order valence-corrected chi connectivity index (χ4v) is 4.15. The molecule has 0 saturated heterocycles. The Hall–Kier alpha value is -3.02. The zero-order valence-electron chi connectivity index (χ0n) is 13.6. The van der Waals surface area contributed by atoms with Gasteiger partial charge in [-0.15, -0.1) is 0 Å². The Labute approximate surface area is 143 Å². The Morgan fingerprint density at radius 2 is 2.08 bits per heavy atom. The van der Waals surface area contributed by atoms with Crippen LogP contribution in [0.3, 0.4) is 0 Å². The molecule has 2 aliphatic heterocycles. The van der Waals surface area contributed by atoms with Gasteiger partial charge in [-0.05, 0) is 48.4 Å². The third-order valence-corrected chi connectivity index (χ3v) is 5.28. The number of benzene rings is 2. The first-order valence-corrected chi connectivity index (χ1v) is 8.21. The van der Waals surface area contributed by atoms with Gasteiger partial charge in [-0.1, -0.05) is 0 Å². The summed E-state index contributed by atoms with van der Waals surface area (Å²) in [6, 6.07) is 9.60. The maximum absolute atomic E-state index is 13.6. The van der Waals surface area contributed by atoms with E-state index in [1.165, 1.54) is 12.1 Å². The lowest BCUT2D eigenvalue weighted by Crippen LogP contribution is -2.51. The number of nitrogens with one attached hydrogen (secondary N) is 1. The number of phenols is 1. The van der Waals surface area contributed by atoms with E-state index in [4.69, 9.17) is 0 Å². The number of halogens is 1. The summed E-state index contributed by atoms with van der Waals surface area (Å²) in [4.78, 5) is 20.1. The lowest BCUT2D eigenvalue weighted by atomic mass is 9.96. The third-order valence-electron chi connectivity index (χ3n) is 5.28. The van der Waals surface area contributed by atoms with Crippen LogP contribution in [0, 0.1) is 5.82 Å². The number of nitrogens with zero attached hydrogens (tertiary/aromatic N) is 2. The zero-order chi connectivity index (χ0) is 17.3. The lowest BCUT2D eigenvalue weighted by molar-refractivity contribution is 0.0634. The molecule has 3 aromatic rings.